The van der Waals surface area contributed by atoms with E-state index in [2.05, 4.69) is 15.6 Å². The van der Waals surface area contributed by atoms with Crippen LogP contribution < -0.4 is 10.6 Å². The number of rotatable bonds is 5. The van der Waals surface area contributed by atoms with Crippen molar-refractivity contribution in [2.45, 2.75) is 6.54 Å². The topological polar surface area (TPSA) is 80.3 Å². The van der Waals surface area contributed by atoms with Crippen molar-refractivity contribution in [1.29, 1.82) is 0 Å². The van der Waals surface area contributed by atoms with Crippen LogP contribution in [0.4, 0.5) is 5.69 Å². The lowest BCUT2D eigenvalue weighted by Gasteiger charge is -2.14. The minimum atomic E-state index is -0.292. The highest BCUT2D eigenvalue weighted by atomic mass is 32.2. The molecule has 1 aromatic carbocycles. The number of carbonyl (C=O) groups excluding carboxylic acids is 2. The van der Waals surface area contributed by atoms with Crippen molar-refractivity contribution < 1.29 is 14.3 Å². The number of benzene rings is 1. The molecule has 0 unspecified atom stereocenters. The van der Waals surface area contributed by atoms with Crippen LogP contribution in [0.1, 0.15) is 16.1 Å². The molecule has 25 heavy (non-hydrogen) atoms. The fourth-order valence-corrected chi connectivity index (χ4v) is 2.78. The van der Waals surface area contributed by atoms with Crippen molar-refractivity contribution in [2.24, 2.45) is 0 Å². The number of nitrogens with one attached hydrogen (secondary N) is 2. The number of aromatic nitrogens is 1. The molecule has 6 nitrogen and oxygen atoms in total. The molecule has 1 aromatic heterocycles. The van der Waals surface area contributed by atoms with Gasteiger partial charge in [0.1, 0.15) is 0 Å². The number of thioether (sulfide) groups is 1. The van der Waals surface area contributed by atoms with Gasteiger partial charge < -0.3 is 15.4 Å². The van der Waals surface area contributed by atoms with Crippen LogP contribution in [0, 0.1) is 0 Å². The average molecular weight is 355 g/mol. The molecule has 2 amide bonds. The number of amides is 2. The molecule has 3 rings (SSSR count). The third-order valence-electron chi connectivity index (χ3n) is 3.43. The Balaban J connectivity index is 1.55. The Labute approximate surface area is 149 Å². The lowest BCUT2D eigenvalue weighted by molar-refractivity contribution is -0.116. The van der Waals surface area contributed by atoms with Gasteiger partial charge >= 0.3 is 0 Å². The van der Waals surface area contributed by atoms with E-state index in [0.717, 1.165) is 11.4 Å². The van der Waals surface area contributed by atoms with Gasteiger partial charge in [0.05, 0.1) is 18.8 Å². The van der Waals surface area contributed by atoms with Gasteiger partial charge in [-0.15, -0.1) is 11.8 Å². The van der Waals surface area contributed by atoms with Crippen LogP contribution in [0.15, 0.2) is 59.8 Å². The van der Waals surface area contributed by atoms with Crippen molar-refractivity contribution in [3.8, 4) is 0 Å². The molecular formula is C18H17N3O3S. The van der Waals surface area contributed by atoms with E-state index in [4.69, 9.17) is 4.74 Å². The van der Waals surface area contributed by atoms with E-state index in [1.807, 2.05) is 18.2 Å². The van der Waals surface area contributed by atoms with Gasteiger partial charge in [0.25, 0.3) is 11.8 Å². The van der Waals surface area contributed by atoms with E-state index in [1.54, 1.807) is 47.6 Å². The van der Waals surface area contributed by atoms with Gasteiger partial charge in [-0.3, -0.25) is 14.6 Å². The van der Waals surface area contributed by atoms with Crippen LogP contribution >= 0.6 is 11.8 Å². The lowest BCUT2D eigenvalue weighted by Crippen LogP contribution is -2.23. The Morgan fingerprint density at radius 2 is 1.96 bits per heavy atom. The standard InChI is InChI=1S/C18H17N3O3S/c22-17(20-11-15-3-1-2-8-19-15)13-4-6-14(7-5-13)21-18(23)16-12-25-10-9-24-16/h1-8,12H,9-11H2,(H,20,22)(H,21,23). The molecule has 2 aromatic rings. The summed E-state index contributed by atoms with van der Waals surface area (Å²) in [6.07, 6.45) is 1.68. The second-order valence-electron chi connectivity index (χ2n) is 5.24. The molecule has 0 radical (unpaired) electrons. The summed E-state index contributed by atoms with van der Waals surface area (Å²) in [5.41, 5.74) is 1.90. The number of pyridine rings is 1. The molecule has 0 saturated carbocycles. The van der Waals surface area contributed by atoms with Crippen LogP contribution in [0.2, 0.25) is 0 Å². The van der Waals surface area contributed by atoms with E-state index in [0.29, 0.717) is 30.2 Å². The Morgan fingerprint density at radius 1 is 1.12 bits per heavy atom. The summed E-state index contributed by atoms with van der Waals surface area (Å²) in [4.78, 5) is 28.3. The van der Waals surface area contributed by atoms with Gasteiger partial charge in [0.15, 0.2) is 5.76 Å². The summed E-state index contributed by atoms with van der Waals surface area (Å²) in [5, 5.41) is 7.26. The van der Waals surface area contributed by atoms with Crippen LogP contribution in [0.25, 0.3) is 0 Å². The van der Waals surface area contributed by atoms with Crippen molar-refractivity contribution in [3.63, 3.8) is 0 Å². The maximum Gasteiger partial charge on any atom is 0.291 e. The van der Waals surface area contributed by atoms with Gasteiger partial charge in [-0.1, -0.05) is 6.07 Å². The Morgan fingerprint density at radius 3 is 2.64 bits per heavy atom. The molecule has 2 N–H and O–H groups in total. The van der Waals surface area contributed by atoms with Crippen LogP contribution in [-0.2, 0) is 16.1 Å². The first-order chi connectivity index (χ1) is 12.2. The third-order valence-corrected chi connectivity index (χ3v) is 4.22. The number of hydrogen-bond donors (Lipinski definition) is 2. The quantitative estimate of drug-likeness (QED) is 0.862. The summed E-state index contributed by atoms with van der Waals surface area (Å²) in [6.45, 7) is 0.890. The fraction of sp³-hybridized carbons (Fsp3) is 0.167. The van der Waals surface area contributed by atoms with E-state index in [1.165, 1.54) is 0 Å². The van der Waals surface area contributed by atoms with Gasteiger partial charge in [-0.25, -0.2) is 0 Å². The summed E-state index contributed by atoms with van der Waals surface area (Å²) in [5.74, 6) is 0.672. The summed E-state index contributed by atoms with van der Waals surface area (Å²) < 4.78 is 5.31. The SMILES string of the molecule is O=C(Nc1ccc(C(=O)NCc2ccccn2)cc1)C1=CSCCO1. The van der Waals surface area contributed by atoms with E-state index >= 15 is 0 Å². The number of anilines is 1. The molecule has 0 fully saturated rings. The Kier molecular flexibility index (Phi) is 5.69. The molecule has 2 heterocycles. The molecule has 7 heteroatoms. The van der Waals surface area contributed by atoms with Gasteiger partial charge in [0, 0.05) is 28.6 Å². The van der Waals surface area contributed by atoms with Gasteiger partial charge in [0.2, 0.25) is 0 Å². The second-order valence-corrected chi connectivity index (χ2v) is 6.21. The number of nitrogens with zero attached hydrogens (tertiary/aromatic N) is 1. The summed E-state index contributed by atoms with van der Waals surface area (Å²) >= 11 is 1.55. The first-order valence-electron chi connectivity index (χ1n) is 7.76. The zero-order valence-corrected chi connectivity index (χ0v) is 14.2. The molecule has 0 bridgehead atoms. The third kappa shape index (κ3) is 4.84. The van der Waals surface area contributed by atoms with E-state index in [9.17, 15) is 9.59 Å². The monoisotopic (exact) mass is 355 g/mol. The summed E-state index contributed by atoms with van der Waals surface area (Å²) in [6, 6.07) is 12.2. The molecule has 0 saturated heterocycles. The maximum atomic E-state index is 12.1. The minimum Gasteiger partial charge on any atom is -0.487 e. The number of hydrogen-bond acceptors (Lipinski definition) is 5. The number of carbonyl (C=O) groups is 2. The second kappa shape index (κ2) is 8.34. The number of ether oxygens (including phenoxy) is 1. The zero-order chi connectivity index (χ0) is 17.5. The molecule has 1 aliphatic rings. The highest BCUT2D eigenvalue weighted by Crippen LogP contribution is 2.17. The van der Waals surface area contributed by atoms with Gasteiger partial charge in [-0.05, 0) is 36.4 Å². The molecule has 0 aliphatic carbocycles. The largest absolute Gasteiger partial charge is 0.487 e. The Hall–Kier alpha value is -2.80. The smallest absolute Gasteiger partial charge is 0.291 e. The van der Waals surface area contributed by atoms with Crippen LogP contribution in [0.3, 0.4) is 0 Å². The highest BCUT2D eigenvalue weighted by Gasteiger charge is 2.14. The van der Waals surface area contributed by atoms with Crippen molar-refractivity contribution in [3.05, 3.63) is 71.1 Å². The Bertz CT molecular complexity index is 776. The van der Waals surface area contributed by atoms with Crippen molar-refractivity contribution >= 4 is 29.3 Å². The fourth-order valence-electron chi connectivity index (χ4n) is 2.16. The van der Waals surface area contributed by atoms with Crippen LogP contribution in [-0.4, -0.2) is 29.2 Å². The first kappa shape index (κ1) is 17.0. The predicted octanol–water partition coefficient (Wildman–Crippen LogP) is 2.55. The van der Waals surface area contributed by atoms with Gasteiger partial charge in [-0.2, -0.15) is 0 Å². The first-order valence-corrected chi connectivity index (χ1v) is 8.81. The van der Waals surface area contributed by atoms with E-state index in [-0.39, 0.29) is 11.8 Å². The molecule has 0 spiro atoms. The maximum absolute atomic E-state index is 12.1. The average Bonchev–Trinajstić information content (AvgIpc) is 2.68. The lowest BCUT2D eigenvalue weighted by atomic mass is 10.2. The molecule has 1 aliphatic heterocycles. The molecule has 0 atom stereocenters. The predicted molar refractivity (Wildman–Crippen MR) is 97.0 cm³/mol. The van der Waals surface area contributed by atoms with E-state index < -0.39 is 0 Å². The zero-order valence-electron chi connectivity index (χ0n) is 13.4. The summed E-state index contributed by atoms with van der Waals surface area (Å²) in [7, 11) is 0. The minimum absolute atomic E-state index is 0.196. The van der Waals surface area contributed by atoms with Crippen molar-refractivity contribution in [2.75, 3.05) is 17.7 Å². The normalized spacial score (nSPS) is 13.4. The highest BCUT2D eigenvalue weighted by molar-refractivity contribution is 8.02. The van der Waals surface area contributed by atoms with Crippen LogP contribution in [0.5, 0.6) is 0 Å². The molecular weight excluding hydrogens is 338 g/mol. The van der Waals surface area contributed by atoms with Crippen molar-refractivity contribution in [1.82, 2.24) is 10.3 Å². The molecule has 128 valence electrons.